The van der Waals surface area contributed by atoms with Crippen molar-refractivity contribution in [2.24, 2.45) is 0 Å². The molecule has 1 aromatic carbocycles. The molecule has 2 rings (SSSR count). The second kappa shape index (κ2) is 9.27. The molecule has 0 aromatic heterocycles. The largest absolute Gasteiger partial charge is 0.497 e. The number of likely N-dealkylation sites (tertiary alicyclic amines) is 1. The van der Waals surface area contributed by atoms with Gasteiger partial charge in [-0.2, -0.15) is 0 Å². The standard InChI is InChI=1S/C18H27N3O3/c1-14(22)19-9-8-18(23)20-13-17(21-10-3-4-11-21)15-6-5-7-16(12-15)24-2/h5-7,12,17H,3-4,8-11,13H2,1-2H3,(H,19,22)(H,20,23). The Hall–Kier alpha value is -2.08. The van der Waals surface area contributed by atoms with E-state index in [0.717, 1.165) is 24.4 Å². The van der Waals surface area contributed by atoms with Gasteiger partial charge in [0.25, 0.3) is 0 Å². The van der Waals surface area contributed by atoms with E-state index >= 15 is 0 Å². The summed E-state index contributed by atoms with van der Waals surface area (Å²) in [5.41, 5.74) is 1.15. The Balaban J connectivity index is 1.96. The number of nitrogens with one attached hydrogen (secondary N) is 2. The fourth-order valence-electron chi connectivity index (χ4n) is 3.01. The van der Waals surface area contributed by atoms with E-state index in [1.165, 1.54) is 19.8 Å². The van der Waals surface area contributed by atoms with Gasteiger partial charge in [0.1, 0.15) is 5.75 Å². The van der Waals surface area contributed by atoms with Gasteiger partial charge >= 0.3 is 0 Å². The van der Waals surface area contributed by atoms with Crippen molar-refractivity contribution in [1.82, 2.24) is 15.5 Å². The van der Waals surface area contributed by atoms with Crippen molar-refractivity contribution in [3.8, 4) is 5.75 Å². The Morgan fingerprint density at radius 3 is 2.67 bits per heavy atom. The van der Waals surface area contributed by atoms with Gasteiger partial charge in [-0.15, -0.1) is 0 Å². The molecule has 1 heterocycles. The molecular formula is C18H27N3O3. The minimum absolute atomic E-state index is 0.0455. The molecule has 0 bridgehead atoms. The molecule has 1 unspecified atom stereocenters. The summed E-state index contributed by atoms with van der Waals surface area (Å²) in [6, 6.07) is 8.17. The van der Waals surface area contributed by atoms with Crippen LogP contribution in [0.1, 0.15) is 37.8 Å². The lowest BCUT2D eigenvalue weighted by molar-refractivity contribution is -0.121. The highest BCUT2D eigenvalue weighted by Gasteiger charge is 2.24. The van der Waals surface area contributed by atoms with Gasteiger partial charge in [-0.1, -0.05) is 12.1 Å². The molecule has 1 aliphatic rings. The number of benzene rings is 1. The minimum Gasteiger partial charge on any atom is -0.497 e. The van der Waals surface area contributed by atoms with Crippen molar-refractivity contribution < 1.29 is 14.3 Å². The van der Waals surface area contributed by atoms with Crippen molar-refractivity contribution in [2.75, 3.05) is 33.3 Å². The van der Waals surface area contributed by atoms with Crippen molar-refractivity contribution >= 4 is 11.8 Å². The Kier molecular flexibility index (Phi) is 7.06. The van der Waals surface area contributed by atoms with Gasteiger partial charge in [0, 0.05) is 26.4 Å². The molecule has 1 aromatic rings. The third-order valence-electron chi connectivity index (χ3n) is 4.28. The quantitative estimate of drug-likeness (QED) is 0.756. The molecule has 24 heavy (non-hydrogen) atoms. The second-order valence-corrected chi connectivity index (χ2v) is 6.07. The lowest BCUT2D eigenvalue weighted by atomic mass is 10.0. The molecule has 0 spiro atoms. The van der Waals surface area contributed by atoms with Crippen molar-refractivity contribution in [3.63, 3.8) is 0 Å². The summed E-state index contributed by atoms with van der Waals surface area (Å²) < 4.78 is 5.32. The fourth-order valence-corrected chi connectivity index (χ4v) is 3.01. The zero-order valence-electron chi connectivity index (χ0n) is 14.5. The van der Waals surface area contributed by atoms with Crippen molar-refractivity contribution in [2.45, 2.75) is 32.2 Å². The highest BCUT2D eigenvalue weighted by Crippen LogP contribution is 2.27. The van der Waals surface area contributed by atoms with Crippen LogP contribution < -0.4 is 15.4 Å². The van der Waals surface area contributed by atoms with Crippen LogP contribution in [0.2, 0.25) is 0 Å². The maximum absolute atomic E-state index is 12.0. The van der Waals surface area contributed by atoms with Gasteiger partial charge < -0.3 is 15.4 Å². The van der Waals surface area contributed by atoms with Crippen LogP contribution in [0.15, 0.2) is 24.3 Å². The van der Waals surface area contributed by atoms with Gasteiger partial charge in [0.05, 0.1) is 13.2 Å². The SMILES string of the molecule is COc1cccc(C(CNC(=O)CCNC(C)=O)N2CCCC2)c1. The van der Waals surface area contributed by atoms with Gasteiger partial charge in [-0.25, -0.2) is 0 Å². The number of ether oxygens (including phenoxy) is 1. The summed E-state index contributed by atoms with van der Waals surface area (Å²) in [4.78, 5) is 25.2. The van der Waals surface area contributed by atoms with Crippen molar-refractivity contribution in [3.05, 3.63) is 29.8 Å². The Morgan fingerprint density at radius 1 is 1.25 bits per heavy atom. The van der Waals surface area contributed by atoms with Gasteiger partial charge in [0.2, 0.25) is 11.8 Å². The van der Waals surface area contributed by atoms with Crippen molar-refractivity contribution in [1.29, 1.82) is 0 Å². The maximum Gasteiger partial charge on any atom is 0.221 e. The van der Waals surface area contributed by atoms with E-state index in [4.69, 9.17) is 4.74 Å². The first-order chi connectivity index (χ1) is 11.6. The third kappa shape index (κ3) is 5.53. The first kappa shape index (κ1) is 18.3. The monoisotopic (exact) mass is 333 g/mol. The van der Waals surface area contributed by atoms with Gasteiger partial charge in [0.15, 0.2) is 0 Å². The molecule has 0 radical (unpaired) electrons. The molecule has 132 valence electrons. The number of rotatable bonds is 8. The number of hydrogen-bond acceptors (Lipinski definition) is 4. The van der Waals surface area contributed by atoms with E-state index in [1.807, 2.05) is 18.2 Å². The predicted octanol–water partition coefficient (Wildman–Crippen LogP) is 1.47. The summed E-state index contributed by atoms with van der Waals surface area (Å²) in [5.74, 6) is 0.665. The first-order valence-electron chi connectivity index (χ1n) is 8.49. The van der Waals surface area contributed by atoms with E-state index in [9.17, 15) is 9.59 Å². The lowest BCUT2D eigenvalue weighted by Crippen LogP contribution is -2.37. The van der Waals surface area contributed by atoms with Crippen LogP contribution in [0.25, 0.3) is 0 Å². The lowest BCUT2D eigenvalue weighted by Gasteiger charge is -2.28. The molecule has 1 aliphatic heterocycles. The average molecular weight is 333 g/mol. The first-order valence-corrected chi connectivity index (χ1v) is 8.49. The van der Waals surface area contributed by atoms with Crippen LogP contribution >= 0.6 is 0 Å². The summed E-state index contributed by atoms with van der Waals surface area (Å²) >= 11 is 0. The zero-order chi connectivity index (χ0) is 17.4. The molecule has 0 saturated carbocycles. The van der Waals surface area contributed by atoms with Crippen LogP contribution in [0.4, 0.5) is 0 Å². The highest BCUT2D eigenvalue weighted by molar-refractivity contribution is 5.77. The Bertz CT molecular complexity index is 556. The number of hydrogen-bond donors (Lipinski definition) is 2. The van der Waals surface area contributed by atoms with Crippen LogP contribution in [0.5, 0.6) is 5.75 Å². The smallest absolute Gasteiger partial charge is 0.221 e. The summed E-state index contributed by atoms with van der Waals surface area (Å²) in [5, 5.41) is 5.64. The van der Waals surface area contributed by atoms with E-state index in [1.54, 1.807) is 7.11 Å². The molecule has 6 heteroatoms. The second-order valence-electron chi connectivity index (χ2n) is 6.07. The van der Waals surface area contributed by atoms with Crippen LogP contribution in [-0.4, -0.2) is 50.0 Å². The fraction of sp³-hybridized carbons (Fsp3) is 0.556. The molecule has 2 amide bonds. The van der Waals surface area contributed by atoms with Gasteiger partial charge in [-0.3, -0.25) is 14.5 Å². The number of carbonyl (C=O) groups excluding carboxylic acids is 2. The molecular weight excluding hydrogens is 306 g/mol. The predicted molar refractivity (Wildman–Crippen MR) is 92.9 cm³/mol. The third-order valence-corrected chi connectivity index (χ3v) is 4.28. The molecule has 1 saturated heterocycles. The topological polar surface area (TPSA) is 70.7 Å². The molecule has 1 fully saturated rings. The molecule has 0 aliphatic carbocycles. The minimum atomic E-state index is -0.117. The average Bonchev–Trinajstić information content (AvgIpc) is 3.09. The van der Waals surface area contributed by atoms with E-state index in [0.29, 0.717) is 19.5 Å². The van der Waals surface area contributed by atoms with E-state index < -0.39 is 0 Å². The summed E-state index contributed by atoms with van der Waals surface area (Å²) in [7, 11) is 1.66. The van der Waals surface area contributed by atoms with E-state index in [-0.39, 0.29) is 17.9 Å². The van der Waals surface area contributed by atoms with E-state index in [2.05, 4.69) is 21.6 Å². The molecule has 1 atom stereocenters. The zero-order valence-corrected chi connectivity index (χ0v) is 14.5. The number of methoxy groups -OCH3 is 1. The van der Waals surface area contributed by atoms with Crippen LogP contribution in [-0.2, 0) is 9.59 Å². The number of nitrogens with zero attached hydrogens (tertiary/aromatic N) is 1. The van der Waals surface area contributed by atoms with Gasteiger partial charge in [-0.05, 0) is 43.6 Å². The Morgan fingerprint density at radius 2 is 2.00 bits per heavy atom. The van der Waals surface area contributed by atoms with Crippen LogP contribution in [0.3, 0.4) is 0 Å². The van der Waals surface area contributed by atoms with Crippen LogP contribution in [0, 0.1) is 0 Å². The maximum atomic E-state index is 12.0. The highest BCUT2D eigenvalue weighted by atomic mass is 16.5. The normalized spacial score (nSPS) is 15.8. The Labute approximate surface area is 143 Å². The summed E-state index contributed by atoms with van der Waals surface area (Å²) in [6.07, 6.45) is 2.68. The number of amides is 2. The number of carbonyl (C=O) groups is 2. The molecule has 2 N–H and O–H groups in total. The molecule has 6 nitrogen and oxygen atoms in total. The summed E-state index contributed by atoms with van der Waals surface area (Å²) in [6.45, 7) is 4.47.